The van der Waals surface area contributed by atoms with Gasteiger partial charge in [0, 0.05) is 53.4 Å². The number of amidine groups is 1. The number of hydrogen-bond donors (Lipinski definition) is 4. The topological polar surface area (TPSA) is 273 Å². The van der Waals surface area contributed by atoms with Crippen molar-refractivity contribution in [1.29, 1.82) is 0 Å². The molecule has 2 unspecified atom stereocenters. The number of aliphatic hydroxyl groups is 1. The number of carbonyl (C=O) groups is 5. The third-order valence-electron chi connectivity index (χ3n) is 9.47. The van der Waals surface area contributed by atoms with Crippen LogP contribution < -0.4 is 10.6 Å². The molecule has 0 saturated carbocycles. The minimum atomic E-state index is -1.31. The number of aliphatic imine (C=N–C) groups is 1. The number of benzene rings is 2. The van der Waals surface area contributed by atoms with Gasteiger partial charge in [-0.3, -0.25) is 45.0 Å². The van der Waals surface area contributed by atoms with Crippen molar-refractivity contribution in [2.24, 2.45) is 16.8 Å². The van der Waals surface area contributed by atoms with Crippen molar-refractivity contribution in [1.82, 2.24) is 20.4 Å². The first-order valence-corrected chi connectivity index (χ1v) is 18.2. The molecule has 20 nitrogen and oxygen atoms in total. The number of β-lactam (4-membered cyclic amide) rings is 1. The largest absolute Gasteiger partial charge is 0.477 e. The molecule has 6 atom stereocenters. The van der Waals surface area contributed by atoms with Crippen LogP contribution in [0.1, 0.15) is 38.3 Å². The number of alkyl carbamates (subject to hydrolysis) is 1. The third-order valence-corrected chi connectivity index (χ3v) is 11.0. The van der Waals surface area contributed by atoms with Crippen LogP contribution >= 0.6 is 11.8 Å². The molecule has 2 aromatic rings. The quantitative estimate of drug-likeness (QED) is 0.0535. The van der Waals surface area contributed by atoms with Crippen LogP contribution in [0.15, 0.2) is 64.1 Å². The molecule has 0 aliphatic carbocycles. The number of carboxylic acid groups (broad SMARTS) is 1. The Morgan fingerprint density at radius 1 is 1.00 bits per heavy atom. The average molecular weight is 798 g/mol. The summed E-state index contributed by atoms with van der Waals surface area (Å²) in [5.41, 5.74) is 0.556. The van der Waals surface area contributed by atoms with Gasteiger partial charge in [0.05, 0.1) is 34.5 Å². The lowest BCUT2D eigenvalue weighted by Gasteiger charge is -2.46. The van der Waals surface area contributed by atoms with Gasteiger partial charge >= 0.3 is 18.2 Å². The van der Waals surface area contributed by atoms with E-state index in [1.54, 1.807) is 6.92 Å². The second-order valence-corrected chi connectivity index (χ2v) is 14.6. The zero-order valence-corrected chi connectivity index (χ0v) is 31.2. The Morgan fingerprint density at radius 3 is 2.11 bits per heavy atom. The summed E-state index contributed by atoms with van der Waals surface area (Å²) in [7, 11) is 0. The molecule has 3 heterocycles. The third kappa shape index (κ3) is 9.22. The van der Waals surface area contributed by atoms with E-state index in [1.807, 2.05) is 0 Å². The fourth-order valence-corrected chi connectivity index (χ4v) is 8.26. The molecular formula is C35H39N7O13S. The number of nitrogens with zero attached hydrogens (tertiary/aromatic N) is 5. The van der Waals surface area contributed by atoms with Gasteiger partial charge in [-0.15, -0.1) is 11.8 Å². The Bertz CT molecular complexity index is 1950. The van der Waals surface area contributed by atoms with Crippen molar-refractivity contribution in [3.63, 3.8) is 0 Å². The van der Waals surface area contributed by atoms with Crippen molar-refractivity contribution in [2.75, 3.05) is 19.6 Å². The number of hydrogen-bond acceptors (Lipinski definition) is 14. The number of ether oxygens (including phenoxy) is 2. The number of nitro benzene ring substituents is 2. The Hall–Kier alpha value is -6.09. The minimum Gasteiger partial charge on any atom is -0.477 e. The van der Waals surface area contributed by atoms with Crippen LogP contribution in [0, 0.1) is 32.1 Å². The maximum absolute atomic E-state index is 13.5. The standard InChI is InChI=1S/C35H39N7O13S/c1-18-28-27(19(2)43)32(45)40(28)29(33(46)47)30(18)56-25-14-26(39(15-25)35(49)55-17-22-6-10-24(11-7-22)42(52)53)31(44)37-13-12-36-20(3)38-34(48)54-16-21-4-8-23(9-5-21)41(50)51/h4-11,18-19,25-28,43H,12-17H2,1-3H3,(H,37,44)(H,46,47)(H,36,38,48)/t18-,19-,25?,26?,27-,28-/m1/s1. The summed E-state index contributed by atoms with van der Waals surface area (Å²) in [6, 6.07) is 9.27. The molecule has 3 aliphatic rings. The maximum atomic E-state index is 13.5. The molecule has 2 fully saturated rings. The Labute approximate surface area is 323 Å². The fraction of sp³-hybridized carbons (Fsp3) is 0.429. The van der Waals surface area contributed by atoms with Crippen molar-refractivity contribution in [3.05, 3.63) is 90.5 Å². The van der Waals surface area contributed by atoms with E-state index in [2.05, 4.69) is 15.6 Å². The summed E-state index contributed by atoms with van der Waals surface area (Å²) in [4.78, 5) is 92.1. The van der Waals surface area contributed by atoms with Gasteiger partial charge in [0.2, 0.25) is 11.8 Å². The first kappa shape index (κ1) is 41.1. The number of rotatable bonds is 14. The van der Waals surface area contributed by atoms with Crippen molar-refractivity contribution in [3.8, 4) is 0 Å². The van der Waals surface area contributed by atoms with E-state index in [0.29, 0.717) is 16.0 Å². The number of aliphatic carboxylic acids is 1. The lowest BCUT2D eigenvalue weighted by atomic mass is 9.79. The van der Waals surface area contributed by atoms with E-state index in [1.165, 1.54) is 72.2 Å². The first-order chi connectivity index (χ1) is 26.6. The van der Waals surface area contributed by atoms with Gasteiger partial charge in [-0.25, -0.2) is 14.4 Å². The number of carbonyl (C=O) groups excluding carboxylic acids is 4. The number of likely N-dealkylation sites (tertiary alicyclic amines) is 1. The highest BCUT2D eigenvalue weighted by atomic mass is 32.2. The normalized spacial score (nSPS) is 22.2. The van der Waals surface area contributed by atoms with E-state index in [4.69, 9.17) is 9.47 Å². The Kier molecular flexibility index (Phi) is 12.9. The molecule has 0 aromatic heterocycles. The molecule has 56 heavy (non-hydrogen) atoms. The molecule has 21 heteroatoms. The van der Waals surface area contributed by atoms with Crippen LogP contribution in [0.25, 0.3) is 0 Å². The molecule has 4 N–H and O–H groups in total. The molecule has 2 aromatic carbocycles. The van der Waals surface area contributed by atoms with Crippen molar-refractivity contribution >= 4 is 58.9 Å². The lowest BCUT2D eigenvalue weighted by Crippen LogP contribution is -2.63. The molecule has 3 aliphatic heterocycles. The highest BCUT2D eigenvalue weighted by Crippen LogP contribution is 2.52. The molecule has 0 radical (unpaired) electrons. The van der Waals surface area contributed by atoms with E-state index < -0.39 is 75.1 Å². The molecule has 0 bridgehead atoms. The predicted octanol–water partition coefficient (Wildman–Crippen LogP) is 2.93. The number of nitrogens with one attached hydrogen (secondary N) is 2. The summed E-state index contributed by atoms with van der Waals surface area (Å²) in [6.07, 6.45) is -2.57. The van der Waals surface area contributed by atoms with Gasteiger partial charge < -0.3 is 29.9 Å². The highest BCUT2D eigenvalue weighted by Gasteiger charge is 2.60. The molecule has 2 saturated heterocycles. The minimum absolute atomic E-state index is 0.000517. The summed E-state index contributed by atoms with van der Waals surface area (Å²) in [5.74, 6) is -3.38. The Balaban J connectivity index is 1.21. The van der Waals surface area contributed by atoms with E-state index in [-0.39, 0.29) is 62.2 Å². The number of amides is 4. The molecule has 298 valence electrons. The predicted molar refractivity (Wildman–Crippen MR) is 197 cm³/mol. The van der Waals surface area contributed by atoms with Gasteiger partial charge in [0.25, 0.3) is 11.4 Å². The number of carboxylic acids is 1. The number of fused-ring (bicyclic) bond motifs is 1. The number of thioether (sulfide) groups is 1. The van der Waals surface area contributed by atoms with Gasteiger partial charge in [-0.2, -0.15) is 0 Å². The monoisotopic (exact) mass is 797 g/mol. The van der Waals surface area contributed by atoms with E-state index in [0.717, 1.165) is 11.8 Å². The van der Waals surface area contributed by atoms with Crippen LogP contribution in [0.2, 0.25) is 0 Å². The van der Waals surface area contributed by atoms with Gasteiger partial charge in [-0.05, 0) is 55.7 Å². The van der Waals surface area contributed by atoms with Crippen LogP contribution in [-0.4, -0.2) is 109 Å². The van der Waals surface area contributed by atoms with Crippen molar-refractivity contribution in [2.45, 2.75) is 63.8 Å². The summed E-state index contributed by atoms with van der Waals surface area (Å²) in [5, 5.41) is 46.8. The van der Waals surface area contributed by atoms with Gasteiger partial charge in [-0.1, -0.05) is 6.92 Å². The highest BCUT2D eigenvalue weighted by molar-refractivity contribution is 8.03. The Morgan fingerprint density at radius 2 is 1.57 bits per heavy atom. The molecule has 5 rings (SSSR count). The molecular weight excluding hydrogens is 758 g/mol. The second-order valence-electron chi connectivity index (χ2n) is 13.3. The SMILES string of the molecule is CC(=NCCNC(=O)C1CC(SC2=C(C(=O)O)N3C(=O)[C@H]([C@@H](C)O)[C@H]3[C@H]2C)CN1C(=O)OCc1ccc([N+](=O)[O-])cc1)NC(=O)OCc1ccc([N+](=O)[O-])cc1. The molecule has 4 amide bonds. The number of nitro groups is 2. The van der Waals surface area contributed by atoms with Crippen LogP contribution in [0.3, 0.4) is 0 Å². The van der Waals surface area contributed by atoms with E-state index in [9.17, 15) is 54.4 Å². The van der Waals surface area contributed by atoms with Gasteiger partial charge in [0.15, 0.2) is 0 Å². The summed E-state index contributed by atoms with van der Waals surface area (Å²) in [6.45, 7) is 4.35. The smallest absolute Gasteiger partial charge is 0.412 e. The maximum Gasteiger partial charge on any atom is 0.412 e. The number of aliphatic hydroxyl groups excluding tert-OH is 1. The first-order valence-electron chi connectivity index (χ1n) is 17.3. The van der Waals surface area contributed by atoms with Crippen LogP contribution in [0.4, 0.5) is 21.0 Å². The van der Waals surface area contributed by atoms with Crippen LogP contribution in [0.5, 0.6) is 0 Å². The van der Waals surface area contributed by atoms with Gasteiger partial charge in [0.1, 0.15) is 30.8 Å². The lowest BCUT2D eigenvalue weighted by molar-refractivity contribution is -0.385. The second kappa shape index (κ2) is 17.6. The summed E-state index contributed by atoms with van der Waals surface area (Å²) >= 11 is 1.15. The number of non-ortho nitro benzene ring substituents is 2. The van der Waals surface area contributed by atoms with Crippen molar-refractivity contribution < 1.29 is 53.5 Å². The fourth-order valence-electron chi connectivity index (χ4n) is 6.74. The zero-order chi connectivity index (χ0) is 40.8. The average Bonchev–Trinajstić information content (AvgIpc) is 3.68. The van der Waals surface area contributed by atoms with Crippen LogP contribution in [-0.2, 0) is 37.1 Å². The van der Waals surface area contributed by atoms with E-state index >= 15 is 0 Å². The molecule has 0 spiro atoms. The zero-order valence-electron chi connectivity index (χ0n) is 30.4. The summed E-state index contributed by atoms with van der Waals surface area (Å²) < 4.78 is 10.6.